The van der Waals surface area contributed by atoms with Crippen molar-refractivity contribution in [3.63, 3.8) is 0 Å². The summed E-state index contributed by atoms with van der Waals surface area (Å²) in [5.74, 6) is 0.820. The van der Waals surface area contributed by atoms with Crippen molar-refractivity contribution in [3.05, 3.63) is 59.7 Å². The van der Waals surface area contributed by atoms with Gasteiger partial charge in [0, 0.05) is 5.69 Å². The Labute approximate surface area is 150 Å². The molecule has 0 heterocycles. The predicted molar refractivity (Wildman–Crippen MR) is 103 cm³/mol. The molecule has 4 heteroatoms. The molecule has 1 atom stereocenters. The molecule has 0 saturated heterocycles. The molecule has 1 amide bonds. The maximum Gasteiger partial charge on any atom is 0.241 e. The van der Waals surface area contributed by atoms with E-state index in [1.54, 1.807) is 0 Å². The second-order valence-corrected chi connectivity index (χ2v) is 6.14. The van der Waals surface area contributed by atoms with Crippen LogP contribution in [-0.4, -0.2) is 29.9 Å². The van der Waals surface area contributed by atoms with Crippen LogP contribution in [0.1, 0.15) is 31.9 Å². The van der Waals surface area contributed by atoms with Crippen molar-refractivity contribution < 1.29 is 9.53 Å². The minimum atomic E-state index is -0.150. The standard InChI is InChI=1S/C21H28N2O2/c1-5-23(6-2)17(4)21(24)22-20-13-12-19(14-16(20)3)25-15-18-10-8-7-9-11-18/h7-14,17H,5-6,15H2,1-4H3,(H,22,24). The van der Waals surface area contributed by atoms with E-state index in [-0.39, 0.29) is 11.9 Å². The quantitative estimate of drug-likeness (QED) is 0.781. The molecule has 0 aliphatic rings. The molecule has 0 saturated carbocycles. The lowest BCUT2D eigenvalue weighted by atomic mass is 10.1. The Morgan fingerprint density at radius 2 is 1.80 bits per heavy atom. The van der Waals surface area contributed by atoms with Gasteiger partial charge in [0.2, 0.25) is 5.91 Å². The molecule has 2 aromatic rings. The number of hydrogen-bond acceptors (Lipinski definition) is 3. The number of benzene rings is 2. The average Bonchev–Trinajstić information content (AvgIpc) is 2.63. The van der Waals surface area contributed by atoms with Gasteiger partial charge in [0.1, 0.15) is 12.4 Å². The molecule has 2 aromatic carbocycles. The third-order valence-electron chi connectivity index (χ3n) is 4.44. The van der Waals surface area contributed by atoms with Crippen molar-refractivity contribution in [1.82, 2.24) is 4.90 Å². The lowest BCUT2D eigenvalue weighted by Gasteiger charge is -2.25. The van der Waals surface area contributed by atoms with Crippen molar-refractivity contribution in [2.45, 2.75) is 40.3 Å². The number of carbonyl (C=O) groups excluding carboxylic acids is 1. The van der Waals surface area contributed by atoms with E-state index < -0.39 is 0 Å². The molecule has 2 rings (SSSR count). The minimum absolute atomic E-state index is 0.0183. The van der Waals surface area contributed by atoms with Crippen molar-refractivity contribution in [2.75, 3.05) is 18.4 Å². The first-order valence-electron chi connectivity index (χ1n) is 8.87. The Kier molecular flexibility index (Phi) is 7.02. The van der Waals surface area contributed by atoms with Gasteiger partial charge in [-0.25, -0.2) is 0 Å². The first-order valence-corrected chi connectivity index (χ1v) is 8.87. The van der Waals surface area contributed by atoms with Crippen molar-refractivity contribution in [1.29, 1.82) is 0 Å². The summed E-state index contributed by atoms with van der Waals surface area (Å²) in [5.41, 5.74) is 2.95. The number of hydrogen-bond donors (Lipinski definition) is 1. The Hall–Kier alpha value is -2.33. The molecule has 0 radical (unpaired) electrons. The number of aryl methyl sites for hydroxylation is 1. The van der Waals surface area contributed by atoms with E-state index in [4.69, 9.17) is 4.74 Å². The van der Waals surface area contributed by atoms with E-state index in [1.165, 1.54) is 0 Å². The number of rotatable bonds is 8. The average molecular weight is 340 g/mol. The lowest BCUT2D eigenvalue weighted by molar-refractivity contribution is -0.120. The highest BCUT2D eigenvalue weighted by Gasteiger charge is 2.19. The van der Waals surface area contributed by atoms with Gasteiger partial charge in [-0.3, -0.25) is 9.69 Å². The molecule has 4 nitrogen and oxygen atoms in total. The largest absolute Gasteiger partial charge is 0.489 e. The highest BCUT2D eigenvalue weighted by Crippen LogP contribution is 2.22. The number of carbonyl (C=O) groups is 1. The summed E-state index contributed by atoms with van der Waals surface area (Å²) in [6.07, 6.45) is 0. The van der Waals surface area contributed by atoms with Crippen LogP contribution in [-0.2, 0) is 11.4 Å². The molecule has 0 aromatic heterocycles. The third-order valence-corrected chi connectivity index (χ3v) is 4.44. The summed E-state index contributed by atoms with van der Waals surface area (Å²) < 4.78 is 5.83. The maximum absolute atomic E-state index is 12.4. The molecule has 0 aliphatic carbocycles. The molecular weight excluding hydrogens is 312 g/mol. The Morgan fingerprint density at radius 1 is 1.12 bits per heavy atom. The second kappa shape index (κ2) is 9.23. The summed E-state index contributed by atoms with van der Waals surface area (Å²) >= 11 is 0. The summed E-state index contributed by atoms with van der Waals surface area (Å²) in [6, 6.07) is 15.7. The van der Waals surface area contributed by atoms with Crippen LogP contribution in [0.15, 0.2) is 48.5 Å². The number of amides is 1. The van der Waals surface area contributed by atoms with Crippen LogP contribution in [0, 0.1) is 6.92 Å². The molecule has 0 aliphatic heterocycles. The molecule has 0 bridgehead atoms. The summed E-state index contributed by atoms with van der Waals surface area (Å²) in [7, 11) is 0. The van der Waals surface area contributed by atoms with Crippen LogP contribution in [0.4, 0.5) is 5.69 Å². The summed E-state index contributed by atoms with van der Waals surface area (Å²) in [4.78, 5) is 14.6. The zero-order valence-electron chi connectivity index (χ0n) is 15.6. The zero-order chi connectivity index (χ0) is 18.2. The molecule has 1 N–H and O–H groups in total. The van der Waals surface area contributed by atoms with Gasteiger partial charge in [0.25, 0.3) is 0 Å². The molecular formula is C21H28N2O2. The molecule has 134 valence electrons. The fourth-order valence-corrected chi connectivity index (χ4v) is 2.78. The van der Waals surface area contributed by atoms with Crippen LogP contribution in [0.5, 0.6) is 5.75 Å². The van der Waals surface area contributed by atoms with E-state index in [0.29, 0.717) is 6.61 Å². The molecule has 1 unspecified atom stereocenters. The number of anilines is 1. The van der Waals surface area contributed by atoms with Crippen LogP contribution >= 0.6 is 0 Å². The van der Waals surface area contributed by atoms with Crippen LogP contribution < -0.4 is 10.1 Å². The van der Waals surface area contributed by atoms with E-state index in [2.05, 4.69) is 24.1 Å². The van der Waals surface area contributed by atoms with E-state index in [1.807, 2.05) is 62.4 Å². The van der Waals surface area contributed by atoms with E-state index in [9.17, 15) is 4.79 Å². The number of nitrogens with one attached hydrogen (secondary N) is 1. The van der Waals surface area contributed by atoms with Gasteiger partial charge in [0.15, 0.2) is 0 Å². The van der Waals surface area contributed by atoms with Crippen LogP contribution in [0.3, 0.4) is 0 Å². The van der Waals surface area contributed by atoms with Crippen LogP contribution in [0.25, 0.3) is 0 Å². The van der Waals surface area contributed by atoms with Crippen molar-refractivity contribution in [3.8, 4) is 5.75 Å². The fourth-order valence-electron chi connectivity index (χ4n) is 2.78. The van der Waals surface area contributed by atoms with Gasteiger partial charge >= 0.3 is 0 Å². The van der Waals surface area contributed by atoms with Gasteiger partial charge in [-0.1, -0.05) is 44.2 Å². The Balaban J connectivity index is 1.98. The normalized spacial score (nSPS) is 12.0. The smallest absolute Gasteiger partial charge is 0.241 e. The zero-order valence-corrected chi connectivity index (χ0v) is 15.6. The van der Waals surface area contributed by atoms with E-state index >= 15 is 0 Å². The van der Waals surface area contributed by atoms with Gasteiger partial charge < -0.3 is 10.1 Å². The third kappa shape index (κ3) is 5.33. The molecule has 0 fully saturated rings. The van der Waals surface area contributed by atoms with Gasteiger partial charge in [-0.05, 0) is 56.3 Å². The van der Waals surface area contributed by atoms with Gasteiger partial charge in [-0.2, -0.15) is 0 Å². The number of ether oxygens (including phenoxy) is 1. The Bertz CT molecular complexity index is 682. The highest BCUT2D eigenvalue weighted by molar-refractivity contribution is 5.95. The van der Waals surface area contributed by atoms with Gasteiger partial charge in [0.05, 0.1) is 6.04 Å². The number of likely N-dealkylation sites (N-methyl/N-ethyl adjacent to an activating group) is 1. The first kappa shape index (κ1) is 19.0. The van der Waals surface area contributed by atoms with Crippen molar-refractivity contribution in [2.24, 2.45) is 0 Å². The maximum atomic E-state index is 12.4. The monoisotopic (exact) mass is 340 g/mol. The van der Waals surface area contributed by atoms with Crippen LogP contribution in [0.2, 0.25) is 0 Å². The minimum Gasteiger partial charge on any atom is -0.489 e. The summed E-state index contributed by atoms with van der Waals surface area (Å²) in [6.45, 7) is 10.3. The lowest BCUT2D eigenvalue weighted by Crippen LogP contribution is -2.41. The molecule has 25 heavy (non-hydrogen) atoms. The highest BCUT2D eigenvalue weighted by atomic mass is 16.5. The first-order chi connectivity index (χ1) is 12.0. The number of nitrogens with zero attached hydrogens (tertiary/aromatic N) is 1. The summed E-state index contributed by atoms with van der Waals surface area (Å²) in [5, 5.41) is 3.02. The Morgan fingerprint density at radius 3 is 2.40 bits per heavy atom. The van der Waals surface area contributed by atoms with Gasteiger partial charge in [-0.15, -0.1) is 0 Å². The second-order valence-electron chi connectivity index (χ2n) is 6.14. The fraction of sp³-hybridized carbons (Fsp3) is 0.381. The topological polar surface area (TPSA) is 41.6 Å². The SMILES string of the molecule is CCN(CC)C(C)C(=O)Nc1ccc(OCc2ccccc2)cc1C. The van der Waals surface area contributed by atoms with Crippen molar-refractivity contribution >= 4 is 11.6 Å². The van der Waals surface area contributed by atoms with E-state index in [0.717, 1.165) is 35.7 Å². The predicted octanol–water partition coefficient (Wildman–Crippen LogP) is 4.24. The molecule has 0 spiro atoms.